The lowest BCUT2D eigenvalue weighted by atomic mass is 9.91. The molecule has 0 nitrogen and oxygen atoms in total. The molecular weight excluding hydrogens is 344 g/mol. The van der Waals surface area contributed by atoms with Crippen LogP contribution in [0.4, 0.5) is 0 Å². The van der Waals surface area contributed by atoms with Gasteiger partial charge in [-0.15, -0.1) is 0 Å². The van der Waals surface area contributed by atoms with Gasteiger partial charge in [-0.2, -0.15) is 0 Å². The van der Waals surface area contributed by atoms with Crippen LogP contribution in [0, 0.1) is 0 Å². The molecule has 0 aromatic heterocycles. The maximum absolute atomic E-state index is 3.65. The Kier molecular flexibility index (Phi) is 4.05. The summed E-state index contributed by atoms with van der Waals surface area (Å²) in [5.74, 6) is 0. The van der Waals surface area contributed by atoms with E-state index in [9.17, 15) is 0 Å². The van der Waals surface area contributed by atoms with Crippen molar-refractivity contribution in [2.45, 2.75) is 19.3 Å². The summed E-state index contributed by atoms with van der Waals surface area (Å²) < 4.78 is 0. The quantitative estimate of drug-likeness (QED) is 0.403. The van der Waals surface area contributed by atoms with Gasteiger partial charge in [-0.25, -0.2) is 0 Å². The van der Waals surface area contributed by atoms with E-state index >= 15 is 0 Å². The van der Waals surface area contributed by atoms with E-state index in [-0.39, 0.29) is 0 Å². The van der Waals surface area contributed by atoms with Crippen molar-refractivity contribution in [1.82, 2.24) is 0 Å². The molecule has 0 amide bonds. The third-order valence-electron chi connectivity index (χ3n) is 4.78. The first-order valence-corrected chi connectivity index (χ1v) is 9.31. The van der Waals surface area contributed by atoms with Gasteiger partial charge < -0.3 is 0 Å². The summed E-state index contributed by atoms with van der Waals surface area (Å²) in [7, 11) is 0. The van der Waals surface area contributed by atoms with E-state index in [0.717, 1.165) is 24.6 Å². The van der Waals surface area contributed by atoms with Crippen molar-refractivity contribution in [1.29, 1.82) is 0 Å². The van der Waals surface area contributed by atoms with Crippen molar-refractivity contribution >= 4 is 15.9 Å². The predicted octanol–water partition coefficient (Wildman–Crippen LogP) is 5.79. The van der Waals surface area contributed by atoms with Gasteiger partial charge in [-0.1, -0.05) is 82.7 Å². The predicted molar refractivity (Wildman–Crippen MR) is 101 cm³/mol. The van der Waals surface area contributed by atoms with Crippen LogP contribution in [-0.4, -0.2) is 5.33 Å². The molecular formula is C22H19Br. The summed E-state index contributed by atoms with van der Waals surface area (Å²) in [5.41, 5.74) is 10.3. The molecule has 0 N–H and O–H groups in total. The van der Waals surface area contributed by atoms with E-state index in [0.29, 0.717) is 0 Å². The average Bonchev–Trinajstić information content (AvgIpc) is 2.97. The fourth-order valence-corrected chi connectivity index (χ4v) is 4.11. The Hall–Kier alpha value is -1.86. The third kappa shape index (κ3) is 2.74. The number of halogens is 1. The Morgan fingerprint density at radius 3 is 2.39 bits per heavy atom. The number of hydrogen-bond donors (Lipinski definition) is 0. The highest BCUT2D eigenvalue weighted by atomic mass is 79.9. The second-order valence-corrected chi connectivity index (χ2v) is 6.96. The molecule has 0 saturated heterocycles. The van der Waals surface area contributed by atoms with E-state index in [2.05, 4.69) is 82.7 Å². The zero-order chi connectivity index (χ0) is 15.6. The van der Waals surface area contributed by atoms with Crippen LogP contribution in [0.5, 0.6) is 0 Å². The van der Waals surface area contributed by atoms with Gasteiger partial charge in [0.25, 0.3) is 0 Å². The van der Waals surface area contributed by atoms with Gasteiger partial charge in [0.05, 0.1) is 0 Å². The highest BCUT2D eigenvalue weighted by Crippen LogP contribution is 2.40. The van der Waals surface area contributed by atoms with E-state index in [4.69, 9.17) is 0 Å². The van der Waals surface area contributed by atoms with Crippen LogP contribution in [0.2, 0.25) is 0 Å². The molecule has 0 bridgehead atoms. The van der Waals surface area contributed by atoms with Gasteiger partial charge >= 0.3 is 0 Å². The summed E-state index contributed by atoms with van der Waals surface area (Å²) in [6, 6.07) is 24.3. The van der Waals surface area contributed by atoms with Crippen molar-refractivity contribution in [3.63, 3.8) is 0 Å². The molecule has 0 atom stereocenters. The SMILES string of the molecule is BrCCc1c(Cc2ccccc2)ccc2c1Cc1ccccc1-2. The lowest BCUT2D eigenvalue weighted by Crippen LogP contribution is -2.02. The average molecular weight is 363 g/mol. The normalized spacial score (nSPS) is 12.0. The van der Waals surface area contributed by atoms with E-state index in [1.54, 1.807) is 11.1 Å². The highest BCUT2D eigenvalue weighted by molar-refractivity contribution is 9.09. The molecule has 0 saturated carbocycles. The van der Waals surface area contributed by atoms with Crippen LogP contribution in [0.15, 0.2) is 66.7 Å². The fourth-order valence-electron chi connectivity index (χ4n) is 3.71. The maximum Gasteiger partial charge on any atom is 0.00720 e. The number of rotatable bonds is 4. The highest BCUT2D eigenvalue weighted by Gasteiger charge is 2.22. The van der Waals surface area contributed by atoms with Gasteiger partial charge in [0.1, 0.15) is 0 Å². The molecule has 0 radical (unpaired) electrons. The van der Waals surface area contributed by atoms with Crippen LogP contribution >= 0.6 is 15.9 Å². The molecule has 4 rings (SSSR count). The molecule has 1 aliphatic rings. The summed E-state index contributed by atoms with van der Waals surface area (Å²) in [4.78, 5) is 0. The van der Waals surface area contributed by atoms with Crippen LogP contribution in [0.1, 0.15) is 27.8 Å². The summed E-state index contributed by atoms with van der Waals surface area (Å²) in [6.45, 7) is 0. The first kappa shape index (κ1) is 14.7. The molecule has 1 aliphatic carbocycles. The molecule has 0 unspecified atom stereocenters. The van der Waals surface area contributed by atoms with Crippen LogP contribution in [-0.2, 0) is 19.3 Å². The Labute approximate surface area is 146 Å². The molecule has 0 spiro atoms. The van der Waals surface area contributed by atoms with Crippen molar-refractivity contribution in [2.75, 3.05) is 5.33 Å². The van der Waals surface area contributed by atoms with Crippen LogP contribution < -0.4 is 0 Å². The fraction of sp³-hybridized carbons (Fsp3) is 0.182. The zero-order valence-electron chi connectivity index (χ0n) is 13.1. The second-order valence-electron chi connectivity index (χ2n) is 6.16. The lowest BCUT2D eigenvalue weighted by Gasteiger charge is -2.14. The molecule has 0 fully saturated rings. The molecule has 114 valence electrons. The van der Waals surface area contributed by atoms with Crippen molar-refractivity contribution in [3.8, 4) is 11.1 Å². The Bertz CT molecular complexity index is 834. The summed E-state index contributed by atoms with van der Waals surface area (Å²) in [5, 5.41) is 1.02. The Morgan fingerprint density at radius 2 is 1.57 bits per heavy atom. The third-order valence-corrected chi connectivity index (χ3v) is 5.18. The van der Waals surface area contributed by atoms with Crippen molar-refractivity contribution in [2.24, 2.45) is 0 Å². The Balaban J connectivity index is 1.79. The smallest absolute Gasteiger partial charge is 0.00720 e. The lowest BCUT2D eigenvalue weighted by molar-refractivity contribution is 1.04. The first-order valence-electron chi connectivity index (χ1n) is 8.18. The standard InChI is InChI=1S/C22H19Br/c23-13-12-20-18(14-16-6-2-1-3-7-16)10-11-21-19-9-5-4-8-17(19)15-22(20)21/h1-11H,12-15H2. The molecule has 0 heterocycles. The van der Waals surface area contributed by atoms with Gasteiger partial charge in [-0.3, -0.25) is 0 Å². The molecule has 0 aliphatic heterocycles. The minimum Gasteiger partial charge on any atom is -0.0924 e. The van der Waals surface area contributed by atoms with Gasteiger partial charge in [0.2, 0.25) is 0 Å². The molecule has 3 aromatic carbocycles. The molecule has 1 heteroatoms. The summed E-state index contributed by atoms with van der Waals surface area (Å²) >= 11 is 3.65. The van der Waals surface area contributed by atoms with Crippen molar-refractivity contribution < 1.29 is 0 Å². The number of hydrogen-bond acceptors (Lipinski definition) is 0. The number of alkyl halides is 1. The largest absolute Gasteiger partial charge is 0.0924 e. The number of fused-ring (bicyclic) bond motifs is 3. The van der Waals surface area contributed by atoms with Crippen molar-refractivity contribution in [3.05, 3.63) is 94.5 Å². The Morgan fingerprint density at radius 1 is 0.783 bits per heavy atom. The van der Waals surface area contributed by atoms with Crippen LogP contribution in [0.3, 0.4) is 0 Å². The van der Waals surface area contributed by atoms with Gasteiger partial charge in [0.15, 0.2) is 0 Å². The molecule has 3 aromatic rings. The van der Waals surface area contributed by atoms with E-state index < -0.39 is 0 Å². The zero-order valence-corrected chi connectivity index (χ0v) is 14.6. The van der Waals surface area contributed by atoms with Crippen LogP contribution in [0.25, 0.3) is 11.1 Å². The molecule has 23 heavy (non-hydrogen) atoms. The van der Waals surface area contributed by atoms with Gasteiger partial charge in [0, 0.05) is 5.33 Å². The number of benzene rings is 3. The van der Waals surface area contributed by atoms with E-state index in [1.807, 2.05) is 0 Å². The summed E-state index contributed by atoms with van der Waals surface area (Å²) in [6.07, 6.45) is 3.20. The minimum absolute atomic E-state index is 1.02. The minimum atomic E-state index is 1.02. The first-order chi connectivity index (χ1) is 11.4. The monoisotopic (exact) mass is 362 g/mol. The maximum atomic E-state index is 3.65. The topological polar surface area (TPSA) is 0 Å². The van der Waals surface area contributed by atoms with E-state index in [1.165, 1.54) is 27.8 Å². The second kappa shape index (κ2) is 6.33. The van der Waals surface area contributed by atoms with Gasteiger partial charge in [-0.05, 0) is 58.2 Å².